The van der Waals surface area contributed by atoms with Crippen LogP contribution in [0.1, 0.15) is 11.1 Å². The highest BCUT2D eigenvalue weighted by atomic mass is 16.5. The van der Waals surface area contributed by atoms with E-state index in [4.69, 9.17) is 10.5 Å². The van der Waals surface area contributed by atoms with Gasteiger partial charge in [-0.25, -0.2) is 4.99 Å². The van der Waals surface area contributed by atoms with Crippen LogP contribution in [-0.2, 0) is 6.54 Å². The van der Waals surface area contributed by atoms with Crippen LogP contribution < -0.4 is 15.8 Å². The first kappa shape index (κ1) is 14.7. The molecule has 0 heterocycles. The number of rotatable bonds is 4. The summed E-state index contributed by atoms with van der Waals surface area (Å²) in [5.41, 5.74) is 8.54. The van der Waals surface area contributed by atoms with Gasteiger partial charge in [-0.1, -0.05) is 29.8 Å². The number of nitrogens with one attached hydrogen (secondary N) is 1. The predicted octanol–water partition coefficient (Wildman–Crippen LogP) is 2.64. The number of aliphatic imine (C=N–C) groups is 1. The minimum absolute atomic E-state index is 0.0897. The van der Waals surface area contributed by atoms with E-state index in [0.29, 0.717) is 17.3 Å². The maximum Gasteiger partial charge on any atom is 0.193 e. The third-order valence-electron chi connectivity index (χ3n) is 3.05. The molecular weight excluding hydrogens is 266 g/mol. The van der Waals surface area contributed by atoms with Gasteiger partial charge < -0.3 is 20.9 Å². The molecule has 0 spiro atoms. The standard InChI is InChI=1S/C16H19N3O2/c1-11-6-8-13(9-7-11)19-16(17)18-10-12-4-3-5-14(21-2)15(12)20/h3-9,20H,10H2,1-2H3,(H3,17,18,19). The largest absolute Gasteiger partial charge is 0.504 e. The smallest absolute Gasteiger partial charge is 0.193 e. The van der Waals surface area contributed by atoms with Gasteiger partial charge in [0.05, 0.1) is 13.7 Å². The molecule has 0 saturated heterocycles. The van der Waals surface area contributed by atoms with Gasteiger partial charge in [0.1, 0.15) is 0 Å². The van der Waals surface area contributed by atoms with Gasteiger partial charge in [0.15, 0.2) is 17.5 Å². The van der Waals surface area contributed by atoms with Crippen molar-refractivity contribution in [3.8, 4) is 11.5 Å². The number of nitrogens with two attached hydrogens (primary N) is 1. The fourth-order valence-electron chi connectivity index (χ4n) is 1.85. The average molecular weight is 285 g/mol. The highest BCUT2D eigenvalue weighted by molar-refractivity contribution is 5.92. The molecule has 0 radical (unpaired) electrons. The van der Waals surface area contributed by atoms with Crippen molar-refractivity contribution in [2.24, 2.45) is 10.7 Å². The summed E-state index contributed by atoms with van der Waals surface area (Å²) in [5, 5.41) is 13.0. The van der Waals surface area contributed by atoms with E-state index in [2.05, 4.69) is 10.3 Å². The summed E-state index contributed by atoms with van der Waals surface area (Å²) in [6, 6.07) is 13.1. The van der Waals surface area contributed by atoms with E-state index < -0.39 is 0 Å². The molecule has 2 aromatic rings. The maximum absolute atomic E-state index is 9.97. The summed E-state index contributed by atoms with van der Waals surface area (Å²) in [6.45, 7) is 2.29. The lowest BCUT2D eigenvalue weighted by Crippen LogP contribution is -2.22. The molecule has 0 amide bonds. The van der Waals surface area contributed by atoms with Gasteiger partial charge in [-0.2, -0.15) is 0 Å². The van der Waals surface area contributed by atoms with E-state index >= 15 is 0 Å². The minimum Gasteiger partial charge on any atom is -0.504 e. The molecule has 2 rings (SSSR count). The minimum atomic E-state index is 0.0897. The Labute approximate surface area is 124 Å². The zero-order valence-corrected chi connectivity index (χ0v) is 12.1. The molecule has 4 N–H and O–H groups in total. The number of aromatic hydroxyl groups is 1. The number of benzene rings is 2. The Morgan fingerprint density at radius 1 is 1.24 bits per heavy atom. The van der Waals surface area contributed by atoms with Crippen LogP contribution in [0.25, 0.3) is 0 Å². The Balaban J connectivity index is 2.05. The van der Waals surface area contributed by atoms with Crippen molar-refractivity contribution in [2.75, 3.05) is 12.4 Å². The second kappa shape index (κ2) is 6.65. The summed E-state index contributed by atoms with van der Waals surface area (Å²) < 4.78 is 5.05. The van der Waals surface area contributed by atoms with Crippen LogP contribution in [0.15, 0.2) is 47.5 Å². The van der Waals surface area contributed by atoms with Gasteiger partial charge in [0, 0.05) is 11.3 Å². The molecule has 0 atom stereocenters. The number of guanidine groups is 1. The monoisotopic (exact) mass is 285 g/mol. The second-order valence-corrected chi connectivity index (χ2v) is 4.66. The van der Waals surface area contributed by atoms with Crippen molar-refractivity contribution in [1.29, 1.82) is 0 Å². The average Bonchev–Trinajstić information content (AvgIpc) is 2.48. The number of nitrogens with zero attached hydrogens (tertiary/aromatic N) is 1. The number of para-hydroxylation sites is 1. The SMILES string of the molecule is COc1cccc(CN=C(N)Nc2ccc(C)cc2)c1O. The van der Waals surface area contributed by atoms with E-state index in [1.165, 1.54) is 12.7 Å². The summed E-state index contributed by atoms with van der Waals surface area (Å²) >= 11 is 0. The molecule has 0 aromatic heterocycles. The number of phenols is 1. The predicted molar refractivity (Wildman–Crippen MR) is 84.8 cm³/mol. The van der Waals surface area contributed by atoms with Crippen LogP contribution in [0.5, 0.6) is 11.5 Å². The quantitative estimate of drug-likeness (QED) is 0.596. The van der Waals surface area contributed by atoms with Gasteiger partial charge >= 0.3 is 0 Å². The van der Waals surface area contributed by atoms with Crippen LogP contribution in [0.3, 0.4) is 0 Å². The lowest BCUT2D eigenvalue weighted by molar-refractivity contribution is 0.370. The lowest BCUT2D eigenvalue weighted by atomic mass is 10.2. The molecular formula is C16H19N3O2. The molecule has 0 aliphatic carbocycles. The zero-order chi connectivity index (χ0) is 15.2. The van der Waals surface area contributed by atoms with Gasteiger partial charge in [-0.3, -0.25) is 0 Å². The van der Waals surface area contributed by atoms with Gasteiger partial charge in [0.25, 0.3) is 0 Å². The summed E-state index contributed by atoms with van der Waals surface area (Å²) in [7, 11) is 1.51. The van der Waals surface area contributed by atoms with Crippen molar-refractivity contribution in [3.63, 3.8) is 0 Å². The number of phenolic OH excluding ortho intramolecular Hbond substituents is 1. The third-order valence-corrected chi connectivity index (χ3v) is 3.05. The summed E-state index contributed by atoms with van der Waals surface area (Å²) in [4.78, 5) is 4.22. The van der Waals surface area contributed by atoms with Crippen molar-refractivity contribution < 1.29 is 9.84 Å². The number of anilines is 1. The number of methoxy groups -OCH3 is 1. The third kappa shape index (κ3) is 3.89. The fourth-order valence-corrected chi connectivity index (χ4v) is 1.85. The maximum atomic E-state index is 9.97. The molecule has 0 aliphatic rings. The van der Waals surface area contributed by atoms with Crippen LogP contribution in [0.2, 0.25) is 0 Å². The fraction of sp³-hybridized carbons (Fsp3) is 0.188. The zero-order valence-electron chi connectivity index (χ0n) is 12.1. The highest BCUT2D eigenvalue weighted by Gasteiger charge is 2.06. The van der Waals surface area contributed by atoms with Crippen molar-refractivity contribution in [3.05, 3.63) is 53.6 Å². The van der Waals surface area contributed by atoms with E-state index in [-0.39, 0.29) is 12.3 Å². The Morgan fingerprint density at radius 2 is 1.95 bits per heavy atom. The van der Waals surface area contributed by atoms with Gasteiger partial charge in [0.2, 0.25) is 0 Å². The summed E-state index contributed by atoms with van der Waals surface area (Å²) in [6.07, 6.45) is 0. The molecule has 5 nitrogen and oxygen atoms in total. The molecule has 0 saturated carbocycles. The molecule has 5 heteroatoms. The van der Waals surface area contributed by atoms with Gasteiger partial charge in [-0.15, -0.1) is 0 Å². The van der Waals surface area contributed by atoms with E-state index in [0.717, 1.165) is 5.69 Å². The van der Waals surface area contributed by atoms with Crippen molar-refractivity contribution >= 4 is 11.6 Å². The first-order valence-electron chi connectivity index (χ1n) is 6.58. The topological polar surface area (TPSA) is 79.9 Å². The number of hydrogen-bond acceptors (Lipinski definition) is 3. The van der Waals surface area contributed by atoms with Gasteiger partial charge in [-0.05, 0) is 25.1 Å². The van der Waals surface area contributed by atoms with Crippen LogP contribution >= 0.6 is 0 Å². The summed E-state index contributed by atoms with van der Waals surface area (Å²) in [5.74, 6) is 0.806. The number of hydrogen-bond donors (Lipinski definition) is 3. The molecule has 110 valence electrons. The first-order valence-corrected chi connectivity index (χ1v) is 6.58. The Kier molecular flexibility index (Phi) is 4.66. The molecule has 21 heavy (non-hydrogen) atoms. The Hall–Kier alpha value is -2.69. The van der Waals surface area contributed by atoms with E-state index in [9.17, 15) is 5.11 Å². The highest BCUT2D eigenvalue weighted by Crippen LogP contribution is 2.29. The molecule has 0 unspecified atom stereocenters. The second-order valence-electron chi connectivity index (χ2n) is 4.66. The van der Waals surface area contributed by atoms with Crippen LogP contribution in [0.4, 0.5) is 5.69 Å². The Morgan fingerprint density at radius 3 is 2.62 bits per heavy atom. The molecule has 0 fully saturated rings. The van der Waals surface area contributed by atoms with Crippen molar-refractivity contribution in [2.45, 2.75) is 13.5 Å². The van der Waals surface area contributed by atoms with Crippen LogP contribution in [0, 0.1) is 6.92 Å². The molecule has 0 bridgehead atoms. The normalized spacial score (nSPS) is 11.2. The molecule has 2 aromatic carbocycles. The molecule has 0 aliphatic heterocycles. The van der Waals surface area contributed by atoms with E-state index in [1.54, 1.807) is 18.2 Å². The first-order chi connectivity index (χ1) is 10.1. The van der Waals surface area contributed by atoms with Crippen molar-refractivity contribution in [1.82, 2.24) is 0 Å². The number of aryl methyl sites for hydroxylation is 1. The van der Waals surface area contributed by atoms with E-state index in [1.807, 2.05) is 31.2 Å². The Bertz CT molecular complexity index is 636. The lowest BCUT2D eigenvalue weighted by Gasteiger charge is -2.08. The van der Waals surface area contributed by atoms with Crippen LogP contribution in [-0.4, -0.2) is 18.2 Å². The number of ether oxygens (including phenoxy) is 1.